The van der Waals surface area contributed by atoms with Crippen LogP contribution in [0, 0.1) is 0 Å². The summed E-state index contributed by atoms with van der Waals surface area (Å²) in [6, 6.07) is 11.1. The summed E-state index contributed by atoms with van der Waals surface area (Å²) < 4.78 is 17.6. The van der Waals surface area contributed by atoms with E-state index in [0.717, 1.165) is 5.56 Å². The molecule has 31 heavy (non-hydrogen) atoms. The van der Waals surface area contributed by atoms with Crippen molar-refractivity contribution < 1.29 is 18.8 Å². The fourth-order valence-electron chi connectivity index (χ4n) is 2.88. The zero-order valence-electron chi connectivity index (χ0n) is 17.9. The van der Waals surface area contributed by atoms with Gasteiger partial charge in [0.1, 0.15) is 11.8 Å². The Hall–Kier alpha value is -2.06. The largest absolute Gasteiger partial charge is 0.492 e. The summed E-state index contributed by atoms with van der Waals surface area (Å²) in [5.41, 5.74) is 1.07. The van der Waals surface area contributed by atoms with Crippen molar-refractivity contribution in [1.82, 2.24) is 10.3 Å². The number of alkyl carbamates (subject to hydrolysis) is 1. The van der Waals surface area contributed by atoms with Crippen LogP contribution < -0.4 is 5.32 Å². The quantitative estimate of drug-likeness (QED) is 0.464. The third kappa shape index (κ3) is 6.01. The van der Waals surface area contributed by atoms with Crippen molar-refractivity contribution >= 4 is 42.5 Å². The number of benzene rings is 1. The van der Waals surface area contributed by atoms with E-state index in [1.165, 1.54) is 6.20 Å². The van der Waals surface area contributed by atoms with E-state index in [2.05, 4.69) is 10.3 Å². The molecule has 0 atom stereocenters. The molecule has 9 heteroatoms. The van der Waals surface area contributed by atoms with E-state index < -0.39 is 24.4 Å². The van der Waals surface area contributed by atoms with Gasteiger partial charge in [-0.2, -0.15) is 0 Å². The molecular formula is C22H25BCl2N2O4. The van der Waals surface area contributed by atoms with Crippen molar-refractivity contribution in [2.45, 2.75) is 45.5 Å². The van der Waals surface area contributed by atoms with E-state index in [9.17, 15) is 4.79 Å². The van der Waals surface area contributed by atoms with Gasteiger partial charge in [0, 0.05) is 18.3 Å². The molecular weight excluding hydrogens is 438 g/mol. The summed E-state index contributed by atoms with van der Waals surface area (Å²) in [7, 11) is -0.686. The molecule has 0 spiro atoms. The maximum absolute atomic E-state index is 12.3. The third-order valence-corrected chi connectivity index (χ3v) is 5.90. The molecule has 1 amide bonds. The van der Waals surface area contributed by atoms with Crippen molar-refractivity contribution in [3.63, 3.8) is 0 Å². The van der Waals surface area contributed by atoms with Gasteiger partial charge in [-0.05, 0) is 44.8 Å². The molecule has 0 bridgehead atoms. The number of pyridine rings is 1. The van der Waals surface area contributed by atoms with Crippen LogP contribution in [0.4, 0.5) is 4.79 Å². The number of nitrogens with zero attached hydrogens (tertiary/aromatic N) is 1. The Morgan fingerprint density at radius 1 is 1.16 bits per heavy atom. The fourth-order valence-corrected chi connectivity index (χ4v) is 3.21. The lowest BCUT2D eigenvalue weighted by atomic mass is 9.77. The normalized spacial score (nSPS) is 17.5. The van der Waals surface area contributed by atoms with Gasteiger partial charge < -0.3 is 19.4 Å². The average molecular weight is 463 g/mol. The van der Waals surface area contributed by atoms with Gasteiger partial charge in [-0.3, -0.25) is 0 Å². The van der Waals surface area contributed by atoms with Gasteiger partial charge in [-0.15, -0.1) is 0 Å². The first-order valence-corrected chi connectivity index (χ1v) is 10.6. The summed E-state index contributed by atoms with van der Waals surface area (Å²) >= 11 is 12.3. The standard InChI is InChI=1S/C22H25BCl2N2O4/c1-21(2)22(3,4)31-23(30-21)17(10-16-11-18(24)13-26-19(16)25)12-27-20(28)29-14-15-8-6-5-7-9-15/h5-11,13H,12,14H2,1-4H3,(H,27,28). The molecule has 3 rings (SSSR count). The minimum absolute atomic E-state index is 0.132. The van der Waals surface area contributed by atoms with E-state index in [1.807, 2.05) is 58.0 Å². The molecule has 0 aliphatic carbocycles. The van der Waals surface area contributed by atoms with Crippen molar-refractivity contribution in [1.29, 1.82) is 0 Å². The van der Waals surface area contributed by atoms with Crippen LogP contribution in [0.25, 0.3) is 6.08 Å². The van der Waals surface area contributed by atoms with Gasteiger partial charge in [0.15, 0.2) is 0 Å². The van der Waals surface area contributed by atoms with Crippen LogP contribution in [0.2, 0.25) is 10.2 Å². The van der Waals surface area contributed by atoms with E-state index >= 15 is 0 Å². The average Bonchev–Trinajstić information content (AvgIpc) is 2.94. The number of amides is 1. The molecule has 164 valence electrons. The number of nitrogens with one attached hydrogen (secondary N) is 1. The summed E-state index contributed by atoms with van der Waals surface area (Å²) in [6.07, 6.45) is 2.68. The maximum Gasteiger partial charge on any atom is 0.492 e. The molecule has 1 saturated heterocycles. The molecule has 1 fully saturated rings. The van der Waals surface area contributed by atoms with Crippen LogP contribution in [0.1, 0.15) is 38.8 Å². The van der Waals surface area contributed by atoms with Gasteiger partial charge in [0.25, 0.3) is 0 Å². The minimum atomic E-state index is -0.686. The van der Waals surface area contributed by atoms with Crippen molar-refractivity contribution in [3.8, 4) is 0 Å². The first-order valence-electron chi connectivity index (χ1n) is 9.89. The van der Waals surface area contributed by atoms with Crippen molar-refractivity contribution in [2.24, 2.45) is 0 Å². The number of carbonyl (C=O) groups is 1. The Balaban J connectivity index is 1.75. The van der Waals surface area contributed by atoms with E-state index in [0.29, 0.717) is 16.1 Å². The highest BCUT2D eigenvalue weighted by Crippen LogP contribution is 2.39. The smallest absolute Gasteiger partial charge is 0.445 e. The first kappa shape index (κ1) is 23.6. The van der Waals surface area contributed by atoms with Crippen LogP contribution in [0.3, 0.4) is 0 Å². The maximum atomic E-state index is 12.3. The number of aromatic nitrogens is 1. The summed E-state index contributed by atoms with van der Waals surface area (Å²) in [4.78, 5) is 16.3. The number of hydrogen-bond acceptors (Lipinski definition) is 5. The second-order valence-electron chi connectivity index (χ2n) is 8.26. The molecule has 1 aromatic heterocycles. The fraction of sp³-hybridized carbons (Fsp3) is 0.364. The predicted octanol–water partition coefficient (Wildman–Crippen LogP) is 5.33. The van der Waals surface area contributed by atoms with Crippen LogP contribution >= 0.6 is 23.2 Å². The molecule has 1 aliphatic heterocycles. The predicted molar refractivity (Wildman–Crippen MR) is 123 cm³/mol. The molecule has 0 saturated carbocycles. The molecule has 2 heterocycles. The Labute approximate surface area is 193 Å². The summed E-state index contributed by atoms with van der Waals surface area (Å²) in [5, 5.41) is 3.48. The van der Waals surface area contributed by atoms with Crippen LogP contribution in [0.5, 0.6) is 0 Å². The van der Waals surface area contributed by atoms with Crippen LogP contribution in [-0.4, -0.2) is 35.9 Å². The number of halogens is 2. The SMILES string of the molecule is CC1(C)OB(C(=Cc2cc(Cl)cnc2Cl)CNC(=O)OCc2ccccc2)OC1(C)C. The van der Waals surface area contributed by atoms with Gasteiger partial charge in [0.2, 0.25) is 0 Å². The molecule has 1 aromatic carbocycles. The molecule has 0 unspecified atom stereocenters. The topological polar surface area (TPSA) is 69.7 Å². The lowest BCUT2D eigenvalue weighted by molar-refractivity contribution is 0.00578. The van der Waals surface area contributed by atoms with E-state index in [-0.39, 0.29) is 18.3 Å². The Morgan fingerprint density at radius 3 is 2.45 bits per heavy atom. The Morgan fingerprint density at radius 2 is 1.81 bits per heavy atom. The zero-order chi connectivity index (χ0) is 22.6. The van der Waals surface area contributed by atoms with Gasteiger partial charge in [-0.1, -0.05) is 59.6 Å². The number of rotatable bonds is 6. The highest BCUT2D eigenvalue weighted by Gasteiger charge is 2.52. The molecule has 6 nitrogen and oxygen atoms in total. The van der Waals surface area contributed by atoms with Crippen molar-refractivity contribution in [2.75, 3.05) is 6.54 Å². The van der Waals surface area contributed by atoms with Gasteiger partial charge in [-0.25, -0.2) is 9.78 Å². The number of hydrogen-bond donors (Lipinski definition) is 1. The molecule has 2 aromatic rings. The van der Waals surface area contributed by atoms with E-state index in [1.54, 1.807) is 12.1 Å². The number of ether oxygens (including phenoxy) is 1. The highest BCUT2D eigenvalue weighted by molar-refractivity contribution is 6.56. The van der Waals surface area contributed by atoms with Gasteiger partial charge >= 0.3 is 13.2 Å². The summed E-state index contributed by atoms with van der Waals surface area (Å²) in [5.74, 6) is 0. The van der Waals surface area contributed by atoms with Gasteiger partial charge in [0.05, 0.1) is 16.2 Å². The first-order chi connectivity index (χ1) is 14.6. The lowest BCUT2D eigenvalue weighted by Crippen LogP contribution is -2.41. The van der Waals surface area contributed by atoms with E-state index in [4.69, 9.17) is 37.2 Å². The van der Waals surface area contributed by atoms with Crippen molar-refractivity contribution in [3.05, 3.63) is 69.4 Å². The second kappa shape index (κ2) is 9.61. The Bertz CT molecular complexity index is 951. The lowest BCUT2D eigenvalue weighted by Gasteiger charge is -2.32. The summed E-state index contributed by atoms with van der Waals surface area (Å²) in [6.45, 7) is 8.14. The minimum Gasteiger partial charge on any atom is -0.445 e. The second-order valence-corrected chi connectivity index (χ2v) is 9.05. The molecule has 0 radical (unpaired) electrons. The number of carbonyl (C=O) groups excluding carboxylic acids is 1. The third-order valence-electron chi connectivity index (χ3n) is 5.38. The van der Waals surface area contributed by atoms with Crippen LogP contribution in [-0.2, 0) is 20.7 Å². The monoisotopic (exact) mass is 462 g/mol. The Kier molecular flexibility index (Phi) is 7.32. The highest BCUT2D eigenvalue weighted by atomic mass is 35.5. The zero-order valence-corrected chi connectivity index (χ0v) is 19.5. The molecule has 1 aliphatic rings. The van der Waals surface area contributed by atoms with Crippen LogP contribution in [0.15, 0.2) is 48.1 Å². The molecule has 1 N–H and O–H groups in total.